The van der Waals surface area contributed by atoms with Crippen molar-refractivity contribution in [3.63, 3.8) is 0 Å². The summed E-state index contributed by atoms with van der Waals surface area (Å²) >= 11 is 0. The molecule has 128 valence electrons. The standard InChI is InChI=1S/C18H16FN3O3/c1-10-14-8-12(19)5-6-15(14)25-16(10)11(2)21-17(23)18(24)22-13-4-3-7-20-9-13/h3-9,11H,1-2H3,(H,21,23)(H,22,24)/t11-/m0/s1. The predicted molar refractivity (Wildman–Crippen MR) is 90.3 cm³/mol. The molecular formula is C18H16FN3O3. The van der Waals surface area contributed by atoms with E-state index in [4.69, 9.17) is 4.42 Å². The number of benzene rings is 1. The second-order valence-corrected chi connectivity index (χ2v) is 5.62. The number of rotatable bonds is 3. The van der Waals surface area contributed by atoms with Crippen molar-refractivity contribution in [1.82, 2.24) is 10.3 Å². The van der Waals surface area contributed by atoms with E-state index in [1.54, 1.807) is 32.2 Å². The maximum absolute atomic E-state index is 13.4. The number of furan rings is 1. The minimum Gasteiger partial charge on any atom is -0.459 e. The number of hydrogen-bond donors (Lipinski definition) is 2. The first-order chi connectivity index (χ1) is 12.0. The molecule has 1 aromatic carbocycles. The number of halogens is 1. The SMILES string of the molecule is Cc1c([C@H](C)NC(=O)C(=O)Nc2cccnc2)oc2ccc(F)cc12. The second-order valence-electron chi connectivity index (χ2n) is 5.62. The quantitative estimate of drug-likeness (QED) is 0.717. The Kier molecular flexibility index (Phi) is 4.47. The first kappa shape index (κ1) is 16.6. The molecule has 0 aliphatic rings. The molecular weight excluding hydrogens is 325 g/mol. The van der Waals surface area contributed by atoms with Gasteiger partial charge >= 0.3 is 11.8 Å². The van der Waals surface area contributed by atoms with E-state index in [-0.39, 0.29) is 5.82 Å². The van der Waals surface area contributed by atoms with Crippen LogP contribution in [0.25, 0.3) is 11.0 Å². The van der Waals surface area contributed by atoms with Gasteiger partial charge in [-0.2, -0.15) is 0 Å². The van der Waals surface area contributed by atoms with Crippen LogP contribution in [-0.2, 0) is 9.59 Å². The van der Waals surface area contributed by atoms with Crippen molar-refractivity contribution < 1.29 is 18.4 Å². The maximum atomic E-state index is 13.4. The Morgan fingerprint density at radius 3 is 2.76 bits per heavy atom. The lowest BCUT2D eigenvalue weighted by Crippen LogP contribution is -2.37. The number of aromatic nitrogens is 1. The molecule has 25 heavy (non-hydrogen) atoms. The van der Waals surface area contributed by atoms with Crippen LogP contribution < -0.4 is 10.6 Å². The molecule has 2 aromatic heterocycles. The zero-order valence-electron chi connectivity index (χ0n) is 13.7. The molecule has 3 aromatic rings. The van der Waals surface area contributed by atoms with Crippen molar-refractivity contribution in [1.29, 1.82) is 0 Å². The van der Waals surface area contributed by atoms with Gasteiger partial charge in [-0.1, -0.05) is 0 Å². The fourth-order valence-corrected chi connectivity index (χ4v) is 2.58. The molecule has 0 radical (unpaired) electrons. The minimum atomic E-state index is -0.806. The van der Waals surface area contributed by atoms with E-state index in [2.05, 4.69) is 15.6 Å². The van der Waals surface area contributed by atoms with Gasteiger partial charge in [0, 0.05) is 17.1 Å². The number of nitrogens with one attached hydrogen (secondary N) is 2. The Morgan fingerprint density at radius 2 is 2.04 bits per heavy atom. The first-order valence-electron chi connectivity index (χ1n) is 7.66. The van der Waals surface area contributed by atoms with E-state index in [1.807, 2.05) is 0 Å². The summed E-state index contributed by atoms with van der Waals surface area (Å²) in [5, 5.41) is 5.66. The zero-order chi connectivity index (χ0) is 18.0. The van der Waals surface area contributed by atoms with Crippen LogP contribution in [0, 0.1) is 12.7 Å². The Morgan fingerprint density at radius 1 is 1.24 bits per heavy atom. The van der Waals surface area contributed by atoms with Crippen LogP contribution in [-0.4, -0.2) is 16.8 Å². The second kappa shape index (κ2) is 6.72. The summed E-state index contributed by atoms with van der Waals surface area (Å²) in [5.41, 5.74) is 1.66. The highest BCUT2D eigenvalue weighted by atomic mass is 19.1. The molecule has 0 saturated carbocycles. The highest BCUT2D eigenvalue weighted by Crippen LogP contribution is 2.29. The maximum Gasteiger partial charge on any atom is 0.313 e. The minimum absolute atomic E-state index is 0.365. The number of anilines is 1. The lowest BCUT2D eigenvalue weighted by molar-refractivity contribution is -0.136. The lowest BCUT2D eigenvalue weighted by atomic mass is 10.1. The fourth-order valence-electron chi connectivity index (χ4n) is 2.58. The van der Waals surface area contributed by atoms with E-state index in [1.165, 1.54) is 24.4 Å². The van der Waals surface area contributed by atoms with Crippen LogP contribution in [0.15, 0.2) is 47.1 Å². The molecule has 0 aliphatic heterocycles. The molecule has 2 amide bonds. The molecule has 6 nitrogen and oxygen atoms in total. The van der Waals surface area contributed by atoms with Gasteiger partial charge in [0.25, 0.3) is 0 Å². The molecule has 3 rings (SSSR count). The summed E-state index contributed by atoms with van der Waals surface area (Å²) in [7, 11) is 0. The summed E-state index contributed by atoms with van der Waals surface area (Å²) in [5.74, 6) is -1.50. The summed E-state index contributed by atoms with van der Waals surface area (Å²) in [4.78, 5) is 27.9. The van der Waals surface area contributed by atoms with Gasteiger partial charge in [-0.15, -0.1) is 0 Å². The number of pyridine rings is 1. The predicted octanol–water partition coefficient (Wildman–Crippen LogP) is 3.09. The van der Waals surface area contributed by atoms with Crippen molar-refractivity contribution in [3.8, 4) is 0 Å². The van der Waals surface area contributed by atoms with Gasteiger partial charge in [-0.3, -0.25) is 14.6 Å². The van der Waals surface area contributed by atoms with Crippen LogP contribution in [0.4, 0.5) is 10.1 Å². The lowest BCUT2D eigenvalue weighted by Gasteiger charge is -2.12. The number of hydrogen-bond acceptors (Lipinski definition) is 4. The van der Waals surface area contributed by atoms with E-state index >= 15 is 0 Å². The number of carbonyl (C=O) groups excluding carboxylic acids is 2. The number of aryl methyl sites for hydroxylation is 1. The molecule has 2 heterocycles. The molecule has 0 spiro atoms. The van der Waals surface area contributed by atoms with Crippen molar-refractivity contribution in [2.24, 2.45) is 0 Å². The highest BCUT2D eigenvalue weighted by molar-refractivity contribution is 6.39. The van der Waals surface area contributed by atoms with E-state index in [0.29, 0.717) is 22.4 Å². The molecule has 0 aliphatic carbocycles. The molecule has 2 N–H and O–H groups in total. The van der Waals surface area contributed by atoms with Crippen molar-refractivity contribution in [2.45, 2.75) is 19.9 Å². The summed E-state index contributed by atoms with van der Waals surface area (Å²) in [6, 6.07) is 6.93. The third kappa shape index (κ3) is 3.50. The average Bonchev–Trinajstić information content (AvgIpc) is 2.92. The largest absolute Gasteiger partial charge is 0.459 e. The fraction of sp³-hybridized carbons (Fsp3) is 0.167. The monoisotopic (exact) mass is 341 g/mol. The van der Waals surface area contributed by atoms with Gasteiger partial charge in [-0.05, 0) is 44.2 Å². The third-order valence-corrected chi connectivity index (χ3v) is 3.80. The van der Waals surface area contributed by atoms with Gasteiger partial charge in [0.2, 0.25) is 0 Å². The summed E-state index contributed by atoms with van der Waals surface area (Å²) in [6.07, 6.45) is 3.00. The van der Waals surface area contributed by atoms with Crippen LogP contribution >= 0.6 is 0 Å². The highest BCUT2D eigenvalue weighted by Gasteiger charge is 2.22. The summed E-state index contributed by atoms with van der Waals surface area (Å²) < 4.78 is 19.1. The molecule has 0 saturated heterocycles. The zero-order valence-corrected chi connectivity index (χ0v) is 13.7. The average molecular weight is 341 g/mol. The first-order valence-corrected chi connectivity index (χ1v) is 7.66. The third-order valence-electron chi connectivity index (χ3n) is 3.80. The van der Waals surface area contributed by atoms with E-state index in [9.17, 15) is 14.0 Å². The Bertz CT molecular complexity index is 937. The van der Waals surface area contributed by atoms with Crippen LogP contribution in [0.2, 0.25) is 0 Å². The number of nitrogens with zero attached hydrogens (tertiary/aromatic N) is 1. The molecule has 0 bridgehead atoms. The van der Waals surface area contributed by atoms with E-state index in [0.717, 1.165) is 5.56 Å². The number of carbonyl (C=O) groups is 2. The van der Waals surface area contributed by atoms with Crippen molar-refractivity contribution in [2.75, 3.05) is 5.32 Å². The Balaban J connectivity index is 1.73. The van der Waals surface area contributed by atoms with Gasteiger partial charge in [-0.25, -0.2) is 4.39 Å². The van der Waals surface area contributed by atoms with Gasteiger partial charge < -0.3 is 15.1 Å². The summed E-state index contributed by atoms with van der Waals surface area (Å²) in [6.45, 7) is 3.47. The smallest absolute Gasteiger partial charge is 0.313 e. The normalized spacial score (nSPS) is 12.0. The van der Waals surface area contributed by atoms with Crippen molar-refractivity contribution >= 4 is 28.5 Å². The van der Waals surface area contributed by atoms with Gasteiger partial charge in [0.15, 0.2) is 0 Å². The molecule has 0 unspecified atom stereocenters. The van der Waals surface area contributed by atoms with Crippen LogP contribution in [0.1, 0.15) is 24.3 Å². The van der Waals surface area contributed by atoms with Crippen molar-refractivity contribution in [3.05, 3.63) is 59.9 Å². The van der Waals surface area contributed by atoms with Crippen LogP contribution in [0.3, 0.4) is 0 Å². The molecule has 0 fully saturated rings. The number of amides is 2. The van der Waals surface area contributed by atoms with Gasteiger partial charge in [0.05, 0.1) is 17.9 Å². The van der Waals surface area contributed by atoms with E-state index < -0.39 is 17.9 Å². The molecule has 1 atom stereocenters. The van der Waals surface area contributed by atoms with Gasteiger partial charge in [0.1, 0.15) is 17.2 Å². The van der Waals surface area contributed by atoms with Crippen LogP contribution in [0.5, 0.6) is 0 Å². The number of fused-ring (bicyclic) bond motifs is 1. The Hall–Kier alpha value is -3.22. The molecule has 7 heteroatoms. The topological polar surface area (TPSA) is 84.2 Å². The Labute approximate surface area is 143 Å².